The van der Waals surface area contributed by atoms with Crippen molar-refractivity contribution in [3.63, 3.8) is 0 Å². The van der Waals surface area contributed by atoms with Crippen molar-refractivity contribution >= 4 is 28.2 Å². The Balaban J connectivity index is 1.67. The molecule has 1 atom stereocenters. The number of aryl methyl sites for hydroxylation is 1. The zero-order valence-corrected chi connectivity index (χ0v) is 18.2. The van der Waals surface area contributed by atoms with Gasteiger partial charge in [-0.05, 0) is 62.6 Å². The van der Waals surface area contributed by atoms with Crippen molar-refractivity contribution in [3.8, 4) is 0 Å². The van der Waals surface area contributed by atoms with E-state index in [1.54, 1.807) is 11.3 Å². The van der Waals surface area contributed by atoms with E-state index in [4.69, 9.17) is 0 Å². The summed E-state index contributed by atoms with van der Waals surface area (Å²) in [4.78, 5) is 29.8. The summed E-state index contributed by atoms with van der Waals surface area (Å²) in [6, 6.07) is 7.60. The molecule has 2 aliphatic rings. The Kier molecular flexibility index (Phi) is 6.04. The fourth-order valence-corrected chi connectivity index (χ4v) is 5.86. The van der Waals surface area contributed by atoms with Crippen LogP contribution in [0.15, 0.2) is 24.3 Å². The number of likely N-dealkylation sites (tertiary alicyclic amines) is 1. The molecule has 2 aromatic rings. The molecular formula is C24H30N2O2S. The third kappa shape index (κ3) is 4.40. The van der Waals surface area contributed by atoms with Gasteiger partial charge in [0.2, 0.25) is 0 Å². The number of carbonyl (C=O) groups excluding carboxylic acids is 2. The smallest absolute Gasteiger partial charge is 0.257 e. The highest BCUT2D eigenvalue weighted by molar-refractivity contribution is 7.17. The van der Waals surface area contributed by atoms with E-state index in [9.17, 15) is 9.59 Å². The molecule has 2 heterocycles. The van der Waals surface area contributed by atoms with Crippen molar-refractivity contribution in [1.29, 1.82) is 0 Å². The predicted octanol–water partition coefficient (Wildman–Crippen LogP) is 5.45. The molecule has 0 unspecified atom stereocenters. The number of rotatable bonds is 3. The molecule has 5 heteroatoms. The normalized spacial score (nSPS) is 19.4. The van der Waals surface area contributed by atoms with Crippen LogP contribution < -0.4 is 5.32 Å². The van der Waals surface area contributed by atoms with Crippen LogP contribution in [0.2, 0.25) is 0 Å². The molecule has 1 aromatic heterocycles. The van der Waals surface area contributed by atoms with Crippen molar-refractivity contribution in [1.82, 2.24) is 4.90 Å². The number of thiophene rings is 1. The van der Waals surface area contributed by atoms with E-state index in [0.717, 1.165) is 61.3 Å². The van der Waals surface area contributed by atoms with Crippen LogP contribution in [0.25, 0.3) is 0 Å². The predicted molar refractivity (Wildman–Crippen MR) is 119 cm³/mol. The Labute approximate surface area is 177 Å². The molecule has 4 rings (SSSR count). The molecule has 1 aliphatic carbocycles. The van der Waals surface area contributed by atoms with E-state index < -0.39 is 0 Å². The maximum Gasteiger partial charge on any atom is 0.257 e. The van der Waals surface area contributed by atoms with Gasteiger partial charge in [0.1, 0.15) is 5.00 Å². The van der Waals surface area contributed by atoms with Crippen LogP contribution in [0.5, 0.6) is 0 Å². The number of carbonyl (C=O) groups is 2. The zero-order chi connectivity index (χ0) is 20.4. The highest BCUT2D eigenvalue weighted by Crippen LogP contribution is 2.40. The monoisotopic (exact) mass is 410 g/mol. The minimum atomic E-state index is -0.134. The molecule has 0 radical (unpaired) electrons. The summed E-state index contributed by atoms with van der Waals surface area (Å²) >= 11 is 1.61. The zero-order valence-electron chi connectivity index (χ0n) is 17.4. The van der Waals surface area contributed by atoms with Gasteiger partial charge >= 0.3 is 0 Å². The number of nitrogens with zero attached hydrogens (tertiary/aromatic N) is 1. The SMILES string of the molecule is Cc1cccc(C(=O)Nc2sc3c(c2C(=O)N2CCCCCC2)CC[C@H](C)C3)c1. The molecule has 4 nitrogen and oxygen atoms in total. The second-order valence-electron chi connectivity index (χ2n) is 8.59. The lowest BCUT2D eigenvalue weighted by Gasteiger charge is -2.23. The average Bonchev–Trinajstić information content (AvgIpc) is 2.87. The lowest BCUT2D eigenvalue weighted by atomic mass is 9.88. The Hall–Kier alpha value is -2.14. The van der Waals surface area contributed by atoms with Gasteiger partial charge in [-0.1, -0.05) is 37.5 Å². The summed E-state index contributed by atoms with van der Waals surface area (Å²) in [5, 5.41) is 3.83. The van der Waals surface area contributed by atoms with Crippen LogP contribution >= 0.6 is 11.3 Å². The summed E-state index contributed by atoms with van der Waals surface area (Å²) in [6.45, 7) is 5.90. The van der Waals surface area contributed by atoms with Crippen LogP contribution in [0.4, 0.5) is 5.00 Å². The lowest BCUT2D eigenvalue weighted by Crippen LogP contribution is -2.33. The van der Waals surface area contributed by atoms with E-state index in [2.05, 4.69) is 12.2 Å². The first-order chi connectivity index (χ1) is 14.0. The Morgan fingerprint density at radius 3 is 2.62 bits per heavy atom. The molecule has 2 amide bonds. The van der Waals surface area contributed by atoms with Crippen LogP contribution in [-0.4, -0.2) is 29.8 Å². The van der Waals surface area contributed by atoms with Gasteiger partial charge in [0.05, 0.1) is 5.56 Å². The first-order valence-electron chi connectivity index (χ1n) is 10.8. The van der Waals surface area contributed by atoms with Crippen molar-refractivity contribution in [2.24, 2.45) is 5.92 Å². The van der Waals surface area contributed by atoms with Crippen LogP contribution in [-0.2, 0) is 12.8 Å². The molecule has 154 valence electrons. The molecule has 1 N–H and O–H groups in total. The molecule has 1 aromatic carbocycles. The molecule has 0 saturated carbocycles. The quantitative estimate of drug-likeness (QED) is 0.731. The highest BCUT2D eigenvalue weighted by atomic mass is 32.1. The van der Waals surface area contributed by atoms with Crippen molar-refractivity contribution in [3.05, 3.63) is 51.4 Å². The third-order valence-corrected chi connectivity index (χ3v) is 7.30. The summed E-state index contributed by atoms with van der Waals surface area (Å²) in [7, 11) is 0. The Morgan fingerprint density at radius 2 is 1.90 bits per heavy atom. The molecule has 0 bridgehead atoms. The van der Waals surface area contributed by atoms with Gasteiger partial charge in [0, 0.05) is 23.5 Å². The van der Waals surface area contributed by atoms with Crippen LogP contribution in [0, 0.1) is 12.8 Å². The maximum absolute atomic E-state index is 13.5. The van der Waals surface area contributed by atoms with Crippen molar-refractivity contribution in [2.75, 3.05) is 18.4 Å². The second-order valence-corrected chi connectivity index (χ2v) is 9.69. The first-order valence-corrected chi connectivity index (χ1v) is 11.7. The summed E-state index contributed by atoms with van der Waals surface area (Å²) < 4.78 is 0. The van der Waals surface area contributed by atoms with Gasteiger partial charge in [-0.3, -0.25) is 9.59 Å². The van der Waals surface area contributed by atoms with Gasteiger partial charge < -0.3 is 10.2 Å². The van der Waals surface area contributed by atoms with Crippen LogP contribution in [0.3, 0.4) is 0 Å². The van der Waals surface area contributed by atoms with E-state index >= 15 is 0 Å². The first kappa shape index (κ1) is 20.1. The number of fused-ring (bicyclic) bond motifs is 1. The number of hydrogen-bond donors (Lipinski definition) is 1. The average molecular weight is 411 g/mol. The van der Waals surface area contributed by atoms with E-state index in [-0.39, 0.29) is 11.8 Å². The molecular weight excluding hydrogens is 380 g/mol. The molecule has 29 heavy (non-hydrogen) atoms. The summed E-state index contributed by atoms with van der Waals surface area (Å²) in [5.74, 6) is 0.603. The fourth-order valence-electron chi connectivity index (χ4n) is 4.46. The number of hydrogen-bond acceptors (Lipinski definition) is 3. The van der Waals surface area contributed by atoms with Gasteiger partial charge in [-0.25, -0.2) is 0 Å². The number of anilines is 1. The number of amides is 2. The number of benzene rings is 1. The minimum Gasteiger partial charge on any atom is -0.339 e. The van der Waals surface area contributed by atoms with Gasteiger partial charge in [0.15, 0.2) is 0 Å². The van der Waals surface area contributed by atoms with Gasteiger partial charge in [-0.15, -0.1) is 11.3 Å². The Morgan fingerprint density at radius 1 is 1.14 bits per heavy atom. The highest BCUT2D eigenvalue weighted by Gasteiger charge is 2.31. The fraction of sp³-hybridized carbons (Fsp3) is 0.500. The molecule has 1 aliphatic heterocycles. The van der Waals surface area contributed by atoms with Crippen molar-refractivity contribution in [2.45, 2.75) is 58.8 Å². The van der Waals surface area contributed by atoms with Crippen LogP contribution in [0.1, 0.15) is 75.7 Å². The largest absolute Gasteiger partial charge is 0.339 e. The second kappa shape index (κ2) is 8.70. The Bertz CT molecular complexity index is 910. The third-order valence-electron chi connectivity index (χ3n) is 6.13. The molecule has 1 fully saturated rings. The summed E-state index contributed by atoms with van der Waals surface area (Å²) in [5.41, 5.74) is 3.64. The molecule has 0 spiro atoms. The summed E-state index contributed by atoms with van der Waals surface area (Å²) in [6.07, 6.45) is 7.57. The van der Waals surface area contributed by atoms with Gasteiger partial charge in [0.25, 0.3) is 11.8 Å². The number of nitrogens with one attached hydrogen (secondary N) is 1. The minimum absolute atomic E-state index is 0.110. The molecule has 1 saturated heterocycles. The lowest BCUT2D eigenvalue weighted by molar-refractivity contribution is 0.0761. The maximum atomic E-state index is 13.5. The standard InChI is InChI=1S/C24H30N2O2S/c1-16-8-7-9-18(14-16)22(27)25-23-21(19-11-10-17(2)15-20(19)29-23)24(28)26-12-5-3-4-6-13-26/h7-9,14,17H,3-6,10-13,15H2,1-2H3,(H,25,27)/t17-/m0/s1. The van der Waals surface area contributed by atoms with E-state index in [0.29, 0.717) is 11.5 Å². The van der Waals surface area contributed by atoms with E-state index in [1.807, 2.05) is 36.1 Å². The van der Waals surface area contributed by atoms with Gasteiger partial charge in [-0.2, -0.15) is 0 Å². The topological polar surface area (TPSA) is 49.4 Å². The van der Waals surface area contributed by atoms with Crippen molar-refractivity contribution < 1.29 is 9.59 Å². The van der Waals surface area contributed by atoms with E-state index in [1.165, 1.54) is 23.3 Å².